The third-order valence-electron chi connectivity index (χ3n) is 4.98. The molecule has 15 nitrogen and oxygen atoms in total. The molecular formula is C21H26ClN3O12. The van der Waals surface area contributed by atoms with Crippen LogP contribution in [0.1, 0.15) is 38.1 Å². The summed E-state index contributed by atoms with van der Waals surface area (Å²) in [5, 5.41) is 2.60. The zero-order valence-electron chi connectivity index (χ0n) is 20.5. The maximum absolute atomic E-state index is 12.6. The number of nitrogens with zero attached hydrogens (tertiary/aromatic N) is 1. The van der Waals surface area contributed by atoms with Gasteiger partial charge in [-0.3, -0.25) is 38.3 Å². The van der Waals surface area contributed by atoms with Crippen molar-refractivity contribution in [2.24, 2.45) is 7.05 Å². The molecule has 0 spiro atoms. The van der Waals surface area contributed by atoms with Crippen molar-refractivity contribution in [3.8, 4) is 0 Å². The van der Waals surface area contributed by atoms with E-state index in [0.29, 0.717) is 4.57 Å². The first-order valence-electron chi connectivity index (χ1n) is 10.8. The monoisotopic (exact) mass is 547 g/mol. The Morgan fingerprint density at radius 3 is 1.97 bits per heavy atom. The fourth-order valence-corrected chi connectivity index (χ4v) is 3.67. The quantitative estimate of drug-likeness (QED) is 0.165. The van der Waals surface area contributed by atoms with Crippen LogP contribution in [0.5, 0.6) is 0 Å². The van der Waals surface area contributed by atoms with Gasteiger partial charge in [-0.15, -0.1) is 11.6 Å². The van der Waals surface area contributed by atoms with Crippen molar-refractivity contribution >= 4 is 47.1 Å². The summed E-state index contributed by atoms with van der Waals surface area (Å²) in [7, 11) is 1.13. The van der Waals surface area contributed by atoms with Gasteiger partial charge < -0.3 is 29.0 Å². The molecule has 16 heteroatoms. The standard InChI is InChI=1S/C21H26ClN3O12/c1-8(26)33-7-13-15(34-9(2)27)16(35-10(3)28)17(36-11(4)29)19(37-13)23-18-14(12(30)6-22)20(31)25(5)21(32)24-18/h13,15-17,19,23H,6-7H2,1-5H3,(H,24,32)/t13-,15+,16+,17+,19-/m1/s1. The highest BCUT2D eigenvalue weighted by Gasteiger charge is 2.52. The van der Waals surface area contributed by atoms with E-state index in [-0.39, 0.29) is 0 Å². The number of carbonyl (C=O) groups is 5. The van der Waals surface area contributed by atoms with Gasteiger partial charge in [-0.25, -0.2) is 4.79 Å². The van der Waals surface area contributed by atoms with E-state index in [1.165, 1.54) is 0 Å². The average molecular weight is 548 g/mol. The number of ether oxygens (including phenoxy) is 5. The van der Waals surface area contributed by atoms with Gasteiger partial charge in [-0.1, -0.05) is 0 Å². The summed E-state index contributed by atoms with van der Waals surface area (Å²) in [4.78, 5) is 86.7. The van der Waals surface area contributed by atoms with Crippen LogP contribution in [0.15, 0.2) is 9.59 Å². The molecular weight excluding hydrogens is 522 g/mol. The lowest BCUT2D eigenvalue weighted by Gasteiger charge is -2.44. The molecule has 1 aromatic heterocycles. The van der Waals surface area contributed by atoms with Crippen LogP contribution in [0, 0.1) is 0 Å². The molecule has 1 fully saturated rings. The van der Waals surface area contributed by atoms with Gasteiger partial charge in [-0.2, -0.15) is 0 Å². The van der Waals surface area contributed by atoms with Crippen molar-refractivity contribution in [3.05, 3.63) is 26.4 Å². The van der Waals surface area contributed by atoms with Crippen molar-refractivity contribution in [2.45, 2.75) is 58.3 Å². The second kappa shape index (κ2) is 12.5. The van der Waals surface area contributed by atoms with Crippen LogP contribution in [0.3, 0.4) is 0 Å². The summed E-state index contributed by atoms with van der Waals surface area (Å²) in [5.74, 6) is -5.16. The Labute approximate surface area is 214 Å². The first-order chi connectivity index (χ1) is 17.3. The van der Waals surface area contributed by atoms with Crippen LogP contribution in [-0.2, 0) is 49.9 Å². The zero-order valence-corrected chi connectivity index (χ0v) is 21.3. The summed E-state index contributed by atoms with van der Waals surface area (Å²) in [6.45, 7) is 3.75. The van der Waals surface area contributed by atoms with Gasteiger partial charge in [0.1, 0.15) is 24.1 Å². The highest BCUT2D eigenvalue weighted by Crippen LogP contribution is 2.30. The molecule has 1 aliphatic rings. The number of rotatable bonds is 9. The maximum atomic E-state index is 12.6. The van der Waals surface area contributed by atoms with Crippen molar-refractivity contribution in [2.75, 3.05) is 17.8 Å². The normalized spacial score (nSPS) is 22.9. The Morgan fingerprint density at radius 1 is 0.919 bits per heavy atom. The molecule has 2 rings (SSSR count). The fourth-order valence-electron chi connectivity index (χ4n) is 3.54. The first kappa shape index (κ1) is 29.5. The summed E-state index contributed by atoms with van der Waals surface area (Å²) in [6, 6.07) is 0. The van der Waals surface area contributed by atoms with Crippen LogP contribution in [-0.4, -0.2) is 82.3 Å². The smallest absolute Gasteiger partial charge is 0.329 e. The highest BCUT2D eigenvalue weighted by molar-refractivity contribution is 6.31. The van der Waals surface area contributed by atoms with E-state index >= 15 is 0 Å². The molecule has 0 aromatic carbocycles. The van der Waals surface area contributed by atoms with E-state index in [1.54, 1.807) is 0 Å². The molecule has 1 aromatic rings. The SMILES string of the molecule is CC(=O)OC[C@H]1O[C@@H](Nc2[nH]c(=O)n(C)c(=O)c2C(=O)CCl)[C@@H](OC(C)=O)[C@@H](OC(C)=O)[C@H]1OC(C)=O. The predicted molar refractivity (Wildman–Crippen MR) is 123 cm³/mol. The molecule has 5 atom stereocenters. The number of carbonyl (C=O) groups excluding carboxylic acids is 5. The number of H-pyrrole nitrogens is 1. The largest absolute Gasteiger partial charge is 0.463 e. The third-order valence-corrected chi connectivity index (χ3v) is 5.23. The van der Waals surface area contributed by atoms with Crippen molar-refractivity contribution in [3.63, 3.8) is 0 Å². The van der Waals surface area contributed by atoms with Gasteiger partial charge in [-0.05, 0) is 0 Å². The summed E-state index contributed by atoms with van der Waals surface area (Å²) < 4.78 is 27.3. The van der Waals surface area contributed by atoms with Gasteiger partial charge in [0.2, 0.25) is 0 Å². The molecule has 2 heterocycles. The number of aromatic amines is 1. The van der Waals surface area contributed by atoms with E-state index in [9.17, 15) is 33.6 Å². The number of halogens is 1. The third kappa shape index (κ3) is 7.39. The van der Waals surface area contributed by atoms with Gasteiger partial charge in [0.05, 0.1) is 5.88 Å². The number of hydrogen-bond acceptors (Lipinski definition) is 13. The molecule has 0 unspecified atom stereocenters. The van der Waals surface area contributed by atoms with Crippen LogP contribution < -0.4 is 16.6 Å². The minimum atomic E-state index is -1.55. The number of nitrogens with one attached hydrogen (secondary N) is 2. The first-order valence-corrected chi connectivity index (χ1v) is 11.3. The molecule has 37 heavy (non-hydrogen) atoms. The molecule has 204 valence electrons. The number of alkyl halides is 1. The van der Waals surface area contributed by atoms with Gasteiger partial charge in [0.15, 0.2) is 30.3 Å². The topological polar surface area (TPSA) is 198 Å². The Balaban J connectivity index is 2.67. The second-order valence-corrected chi connectivity index (χ2v) is 8.13. The number of ketones is 1. The lowest BCUT2D eigenvalue weighted by Crippen LogP contribution is -2.64. The van der Waals surface area contributed by atoms with Gasteiger partial charge in [0, 0.05) is 34.7 Å². The molecule has 0 aliphatic carbocycles. The number of anilines is 1. The molecule has 1 saturated heterocycles. The maximum Gasteiger partial charge on any atom is 0.329 e. The van der Waals surface area contributed by atoms with E-state index in [4.69, 9.17) is 35.3 Å². The molecule has 2 N–H and O–H groups in total. The van der Waals surface area contributed by atoms with Crippen LogP contribution in [0.2, 0.25) is 0 Å². The average Bonchev–Trinajstić information content (AvgIpc) is 2.79. The van der Waals surface area contributed by atoms with E-state index in [2.05, 4.69) is 10.3 Å². The number of Topliss-reactive ketones (excluding diaryl/α,β-unsaturated/α-hetero) is 1. The Bertz CT molecular complexity index is 1190. The summed E-state index contributed by atoms with van der Waals surface area (Å²) in [6.07, 6.45) is -7.32. The number of esters is 4. The van der Waals surface area contributed by atoms with Crippen LogP contribution in [0.4, 0.5) is 5.82 Å². The molecule has 0 radical (unpaired) electrons. The molecule has 0 bridgehead atoms. The van der Waals surface area contributed by atoms with Crippen molar-refractivity contribution < 1.29 is 47.7 Å². The molecule has 0 saturated carbocycles. The molecule has 0 amide bonds. The van der Waals surface area contributed by atoms with E-state index in [1.807, 2.05) is 0 Å². The lowest BCUT2D eigenvalue weighted by molar-refractivity contribution is -0.247. The van der Waals surface area contributed by atoms with E-state index in [0.717, 1.165) is 34.7 Å². The summed E-state index contributed by atoms with van der Waals surface area (Å²) >= 11 is 5.63. The predicted octanol–water partition coefficient (Wildman–Crippen LogP) is -1.01. The number of aromatic nitrogens is 2. The zero-order chi connectivity index (χ0) is 28.0. The van der Waals surface area contributed by atoms with E-state index < -0.39 is 95.4 Å². The highest BCUT2D eigenvalue weighted by atomic mass is 35.5. The van der Waals surface area contributed by atoms with Crippen molar-refractivity contribution in [1.29, 1.82) is 0 Å². The summed E-state index contributed by atoms with van der Waals surface area (Å²) in [5.41, 5.74) is -2.43. The van der Waals surface area contributed by atoms with Crippen LogP contribution in [0.25, 0.3) is 0 Å². The molecule has 1 aliphatic heterocycles. The fraction of sp³-hybridized carbons (Fsp3) is 0.571. The lowest BCUT2D eigenvalue weighted by atomic mass is 9.97. The minimum absolute atomic E-state index is 0.431. The Morgan fingerprint density at radius 2 is 1.46 bits per heavy atom. The van der Waals surface area contributed by atoms with Crippen LogP contribution >= 0.6 is 11.6 Å². The Kier molecular flexibility index (Phi) is 9.96. The van der Waals surface area contributed by atoms with Gasteiger partial charge >= 0.3 is 29.6 Å². The van der Waals surface area contributed by atoms with Crippen molar-refractivity contribution in [1.82, 2.24) is 9.55 Å². The number of hydrogen-bond donors (Lipinski definition) is 2. The Hall–Kier alpha value is -3.72. The van der Waals surface area contributed by atoms with Gasteiger partial charge in [0.25, 0.3) is 5.56 Å². The minimum Gasteiger partial charge on any atom is -0.463 e. The second-order valence-electron chi connectivity index (χ2n) is 7.87.